The van der Waals surface area contributed by atoms with E-state index in [1.54, 1.807) is 0 Å². The molecule has 0 aliphatic carbocycles. The van der Waals surface area contributed by atoms with Gasteiger partial charge in [0, 0.05) is 70.5 Å². The Morgan fingerprint density at radius 3 is 2.59 bits per heavy atom. The maximum absolute atomic E-state index is 6.16. The van der Waals surface area contributed by atoms with Gasteiger partial charge in [-0.2, -0.15) is 0 Å². The Balaban J connectivity index is 1.24. The molecule has 0 bridgehead atoms. The molecule has 1 aromatic carbocycles. The zero-order valence-electron chi connectivity index (χ0n) is 16.4. The first kappa shape index (κ1) is 19.2. The minimum atomic E-state index is 0.749. The van der Waals surface area contributed by atoms with Crippen molar-refractivity contribution >= 4 is 0 Å². The Bertz CT molecular complexity index is 565. The van der Waals surface area contributed by atoms with E-state index in [2.05, 4.69) is 44.3 Å². The normalized spacial score (nSPS) is 25.7. The molecule has 3 aliphatic heterocycles. The van der Waals surface area contributed by atoms with E-state index in [1.165, 1.54) is 38.2 Å². The Kier molecular flexibility index (Phi) is 6.98. The van der Waals surface area contributed by atoms with Gasteiger partial charge in [-0.05, 0) is 19.0 Å². The third-order valence-corrected chi connectivity index (χ3v) is 6.09. The molecule has 1 N–H and O–H groups in total. The summed E-state index contributed by atoms with van der Waals surface area (Å²) in [7, 11) is 0. The maximum atomic E-state index is 6.16. The molecule has 3 fully saturated rings. The summed E-state index contributed by atoms with van der Waals surface area (Å²) in [5.74, 6) is 1.05. The number of ether oxygens (including phenoxy) is 2. The number of nitrogens with one attached hydrogen (secondary N) is 1. The zero-order chi connectivity index (χ0) is 18.3. The molecule has 4 rings (SSSR count). The van der Waals surface area contributed by atoms with E-state index >= 15 is 0 Å². The van der Waals surface area contributed by atoms with E-state index in [1.807, 2.05) is 0 Å². The van der Waals surface area contributed by atoms with Gasteiger partial charge in [0.05, 0.1) is 13.2 Å². The molecule has 0 amide bonds. The quantitative estimate of drug-likeness (QED) is 0.764. The predicted molar refractivity (Wildman–Crippen MR) is 107 cm³/mol. The first-order valence-electron chi connectivity index (χ1n) is 10.6. The van der Waals surface area contributed by atoms with Gasteiger partial charge in [-0.3, -0.25) is 14.7 Å². The van der Waals surface area contributed by atoms with Gasteiger partial charge in [0.2, 0.25) is 0 Å². The van der Waals surface area contributed by atoms with Gasteiger partial charge in [-0.25, -0.2) is 0 Å². The molecule has 0 saturated carbocycles. The smallest absolute Gasteiger partial charge is 0.123 e. The molecule has 3 aliphatic rings. The van der Waals surface area contributed by atoms with Crippen LogP contribution in [0.1, 0.15) is 12.0 Å². The van der Waals surface area contributed by atoms with E-state index < -0.39 is 0 Å². The third kappa shape index (κ3) is 5.42. The van der Waals surface area contributed by atoms with Gasteiger partial charge < -0.3 is 14.8 Å². The van der Waals surface area contributed by atoms with E-state index in [0.717, 1.165) is 70.9 Å². The van der Waals surface area contributed by atoms with Gasteiger partial charge in [-0.15, -0.1) is 0 Å². The topological polar surface area (TPSA) is 40.2 Å². The van der Waals surface area contributed by atoms with Crippen LogP contribution in [0, 0.1) is 0 Å². The molecule has 1 aromatic rings. The fourth-order valence-electron chi connectivity index (χ4n) is 4.36. The lowest BCUT2D eigenvalue weighted by molar-refractivity contribution is 0.0321. The minimum absolute atomic E-state index is 0.749. The van der Waals surface area contributed by atoms with Crippen LogP contribution in [0.3, 0.4) is 0 Å². The molecule has 150 valence electrons. The van der Waals surface area contributed by atoms with E-state index in [4.69, 9.17) is 9.47 Å². The number of piperazine rings is 1. The molecule has 3 heterocycles. The van der Waals surface area contributed by atoms with Crippen LogP contribution in [0.15, 0.2) is 24.3 Å². The van der Waals surface area contributed by atoms with Gasteiger partial charge in [0.1, 0.15) is 12.4 Å². The third-order valence-electron chi connectivity index (χ3n) is 6.09. The monoisotopic (exact) mass is 374 g/mol. The van der Waals surface area contributed by atoms with E-state index in [-0.39, 0.29) is 0 Å². The number of para-hydroxylation sites is 1. The fourth-order valence-corrected chi connectivity index (χ4v) is 4.36. The molecule has 0 radical (unpaired) electrons. The maximum Gasteiger partial charge on any atom is 0.123 e. The standard InChI is InChI=1S/C21H34N4O2/c1-2-4-21(27-16-13-23-11-14-26-15-12-23)19(3-1)18-24-7-9-25(10-8-24)20-5-6-22-17-20/h1-4,20,22H,5-18H2/t20-/m0/s1. The van der Waals surface area contributed by atoms with Crippen LogP contribution in [0.2, 0.25) is 0 Å². The van der Waals surface area contributed by atoms with Gasteiger partial charge in [-0.1, -0.05) is 18.2 Å². The SMILES string of the molecule is c1ccc(OCCN2CCOCC2)c(CN2CCN([C@H]3CCNC3)CC2)c1. The van der Waals surface area contributed by atoms with Crippen molar-refractivity contribution in [1.82, 2.24) is 20.0 Å². The van der Waals surface area contributed by atoms with Crippen molar-refractivity contribution in [2.24, 2.45) is 0 Å². The molecule has 27 heavy (non-hydrogen) atoms. The lowest BCUT2D eigenvalue weighted by Gasteiger charge is -2.38. The van der Waals surface area contributed by atoms with Crippen molar-refractivity contribution in [3.05, 3.63) is 29.8 Å². The van der Waals surface area contributed by atoms with Crippen LogP contribution in [0.25, 0.3) is 0 Å². The number of benzene rings is 1. The first-order chi connectivity index (χ1) is 13.4. The lowest BCUT2D eigenvalue weighted by Crippen LogP contribution is -2.50. The van der Waals surface area contributed by atoms with Crippen molar-refractivity contribution in [2.75, 3.05) is 78.7 Å². The summed E-state index contributed by atoms with van der Waals surface area (Å²) in [4.78, 5) is 7.66. The minimum Gasteiger partial charge on any atom is -0.492 e. The second kappa shape index (κ2) is 9.85. The molecule has 1 atom stereocenters. The molecular formula is C21H34N4O2. The summed E-state index contributed by atoms with van der Waals surface area (Å²) in [6.07, 6.45) is 1.31. The number of hydrogen-bond donors (Lipinski definition) is 1. The average molecular weight is 375 g/mol. The van der Waals surface area contributed by atoms with Crippen molar-refractivity contribution < 1.29 is 9.47 Å². The lowest BCUT2D eigenvalue weighted by atomic mass is 10.1. The Hall–Kier alpha value is -1.18. The zero-order valence-corrected chi connectivity index (χ0v) is 16.4. The number of rotatable bonds is 7. The molecular weight excluding hydrogens is 340 g/mol. The second-order valence-corrected chi connectivity index (χ2v) is 7.87. The summed E-state index contributed by atoms with van der Waals surface area (Å²) in [5, 5.41) is 3.49. The van der Waals surface area contributed by atoms with Crippen molar-refractivity contribution in [3.8, 4) is 5.75 Å². The fraction of sp³-hybridized carbons (Fsp3) is 0.714. The predicted octanol–water partition coefficient (Wildman–Crippen LogP) is 0.877. The van der Waals surface area contributed by atoms with Gasteiger partial charge in [0.25, 0.3) is 0 Å². The Morgan fingerprint density at radius 1 is 1.00 bits per heavy atom. The summed E-state index contributed by atoms with van der Waals surface area (Å²) in [6.45, 7) is 13.5. The van der Waals surface area contributed by atoms with Crippen molar-refractivity contribution in [1.29, 1.82) is 0 Å². The number of hydrogen-bond acceptors (Lipinski definition) is 6. The molecule has 0 unspecified atom stereocenters. The number of nitrogens with zero attached hydrogens (tertiary/aromatic N) is 3. The summed E-state index contributed by atoms with van der Waals surface area (Å²) >= 11 is 0. The summed E-state index contributed by atoms with van der Waals surface area (Å²) in [5.41, 5.74) is 1.32. The molecule has 3 saturated heterocycles. The first-order valence-corrected chi connectivity index (χ1v) is 10.6. The van der Waals surface area contributed by atoms with Crippen molar-refractivity contribution in [3.63, 3.8) is 0 Å². The van der Waals surface area contributed by atoms with Crippen LogP contribution in [-0.4, -0.2) is 99.5 Å². The number of morpholine rings is 1. The average Bonchev–Trinajstić information content (AvgIpc) is 3.26. The van der Waals surface area contributed by atoms with E-state index in [0.29, 0.717) is 0 Å². The van der Waals surface area contributed by atoms with Crippen LogP contribution in [0.5, 0.6) is 5.75 Å². The molecule has 6 nitrogen and oxygen atoms in total. The molecule has 0 aromatic heterocycles. The Morgan fingerprint density at radius 2 is 1.81 bits per heavy atom. The largest absolute Gasteiger partial charge is 0.492 e. The van der Waals surface area contributed by atoms with E-state index in [9.17, 15) is 0 Å². The highest BCUT2D eigenvalue weighted by Gasteiger charge is 2.26. The van der Waals surface area contributed by atoms with Gasteiger partial charge in [0.15, 0.2) is 0 Å². The molecule has 0 spiro atoms. The highest BCUT2D eigenvalue weighted by atomic mass is 16.5. The van der Waals surface area contributed by atoms with Crippen molar-refractivity contribution in [2.45, 2.75) is 19.0 Å². The summed E-state index contributed by atoms with van der Waals surface area (Å²) in [6, 6.07) is 9.30. The van der Waals surface area contributed by atoms with Gasteiger partial charge >= 0.3 is 0 Å². The van der Waals surface area contributed by atoms with Crippen LogP contribution in [0.4, 0.5) is 0 Å². The van der Waals surface area contributed by atoms with Crippen LogP contribution in [-0.2, 0) is 11.3 Å². The Labute approximate surface area is 163 Å². The van der Waals surface area contributed by atoms with Crippen LogP contribution >= 0.6 is 0 Å². The summed E-state index contributed by atoms with van der Waals surface area (Å²) < 4.78 is 11.6. The molecule has 6 heteroatoms. The highest BCUT2D eigenvalue weighted by Crippen LogP contribution is 2.21. The highest BCUT2D eigenvalue weighted by molar-refractivity contribution is 5.33. The van der Waals surface area contributed by atoms with Crippen LogP contribution < -0.4 is 10.1 Å². The second-order valence-electron chi connectivity index (χ2n) is 7.87.